The van der Waals surface area contributed by atoms with Crippen molar-refractivity contribution < 1.29 is 14.7 Å². The first-order valence-corrected chi connectivity index (χ1v) is 3.72. The number of fused-ring (bicyclic) bond motifs is 1. The van der Waals surface area contributed by atoms with E-state index in [0.29, 0.717) is 5.75 Å². The van der Waals surface area contributed by atoms with Gasteiger partial charge in [-0.15, -0.1) is 0 Å². The Hall–Kier alpha value is -1.97. The highest BCUT2D eigenvalue weighted by Gasteiger charge is 2.06. The molecular formula is C9H6NO3-. The molecule has 0 aromatic heterocycles. The summed E-state index contributed by atoms with van der Waals surface area (Å²) in [6.45, 7) is 0. The molecule has 4 heteroatoms. The summed E-state index contributed by atoms with van der Waals surface area (Å²) in [6, 6.07) is 4.52. The molecule has 0 atom stereocenters. The molecule has 66 valence electrons. The third-order valence-corrected chi connectivity index (χ3v) is 1.75. The molecule has 0 fully saturated rings. The molecule has 1 aliphatic rings. The Kier molecular flexibility index (Phi) is 1.66. The molecular weight excluding hydrogens is 170 g/mol. The predicted octanol–water partition coefficient (Wildman–Crippen LogP) is -0.0822. The molecule has 1 N–H and O–H groups in total. The van der Waals surface area contributed by atoms with Gasteiger partial charge in [0.2, 0.25) is 0 Å². The Morgan fingerprint density at radius 1 is 1.46 bits per heavy atom. The largest absolute Gasteiger partial charge is 0.545 e. The summed E-state index contributed by atoms with van der Waals surface area (Å²) in [4.78, 5) is 15.5. The Morgan fingerprint density at radius 2 is 2.31 bits per heavy atom. The van der Waals surface area contributed by atoms with Crippen molar-refractivity contribution in [2.24, 2.45) is 0 Å². The minimum Gasteiger partial charge on any atom is -0.545 e. The van der Waals surface area contributed by atoms with Crippen molar-refractivity contribution in [3.63, 3.8) is 0 Å². The lowest BCUT2D eigenvalue weighted by atomic mass is 10.1. The highest BCUT2D eigenvalue weighted by atomic mass is 16.6. The highest BCUT2D eigenvalue weighted by molar-refractivity contribution is 5.87. The second-order valence-corrected chi connectivity index (χ2v) is 2.59. The monoisotopic (exact) mass is 176 g/mol. The van der Waals surface area contributed by atoms with Gasteiger partial charge in [-0.3, -0.25) is 0 Å². The van der Waals surface area contributed by atoms with Crippen LogP contribution in [-0.4, -0.2) is 5.97 Å². The second kappa shape index (κ2) is 2.82. The number of carboxylic acid groups (broad SMARTS) is 1. The predicted molar refractivity (Wildman–Crippen MR) is 43.6 cm³/mol. The van der Waals surface area contributed by atoms with Crippen molar-refractivity contribution in [1.82, 2.24) is 5.48 Å². The van der Waals surface area contributed by atoms with Crippen LogP contribution in [0.3, 0.4) is 0 Å². The third kappa shape index (κ3) is 1.33. The van der Waals surface area contributed by atoms with Gasteiger partial charge in [0.05, 0.1) is 5.97 Å². The summed E-state index contributed by atoms with van der Waals surface area (Å²) in [5.74, 6) is -0.581. The van der Waals surface area contributed by atoms with Gasteiger partial charge in [-0.2, -0.15) is 0 Å². The van der Waals surface area contributed by atoms with E-state index in [2.05, 4.69) is 5.48 Å². The molecule has 1 aliphatic heterocycles. The van der Waals surface area contributed by atoms with Crippen molar-refractivity contribution in [2.75, 3.05) is 0 Å². The van der Waals surface area contributed by atoms with E-state index in [-0.39, 0.29) is 5.56 Å². The lowest BCUT2D eigenvalue weighted by Crippen LogP contribution is -2.22. The number of hydrogen-bond donors (Lipinski definition) is 1. The summed E-state index contributed by atoms with van der Waals surface area (Å²) in [6.07, 6.45) is 3.31. The summed E-state index contributed by atoms with van der Waals surface area (Å²) in [5.41, 5.74) is 3.42. The summed E-state index contributed by atoms with van der Waals surface area (Å²) < 4.78 is 0. The van der Waals surface area contributed by atoms with E-state index in [4.69, 9.17) is 4.84 Å². The molecule has 0 bridgehead atoms. The van der Waals surface area contributed by atoms with E-state index in [1.54, 1.807) is 18.3 Å². The van der Waals surface area contributed by atoms with E-state index in [0.717, 1.165) is 5.56 Å². The molecule has 2 rings (SSSR count). The summed E-state index contributed by atoms with van der Waals surface area (Å²) in [5, 5.41) is 10.5. The van der Waals surface area contributed by atoms with E-state index in [1.165, 1.54) is 12.1 Å². The van der Waals surface area contributed by atoms with Gasteiger partial charge in [0.25, 0.3) is 0 Å². The Labute approximate surface area is 74.4 Å². The van der Waals surface area contributed by atoms with Gasteiger partial charge in [0, 0.05) is 11.8 Å². The van der Waals surface area contributed by atoms with Gasteiger partial charge in [0.15, 0.2) is 5.75 Å². The van der Waals surface area contributed by atoms with E-state index < -0.39 is 5.97 Å². The highest BCUT2D eigenvalue weighted by Crippen LogP contribution is 2.22. The molecule has 0 saturated carbocycles. The fraction of sp³-hybridized carbons (Fsp3) is 0. The maximum Gasteiger partial charge on any atom is 0.162 e. The minimum absolute atomic E-state index is 0.147. The fourth-order valence-corrected chi connectivity index (χ4v) is 1.12. The van der Waals surface area contributed by atoms with Crippen molar-refractivity contribution in [3.05, 3.63) is 35.5 Å². The lowest BCUT2D eigenvalue weighted by Gasteiger charge is -2.13. The van der Waals surface area contributed by atoms with Crippen molar-refractivity contribution in [1.29, 1.82) is 0 Å². The minimum atomic E-state index is -1.19. The van der Waals surface area contributed by atoms with Crippen molar-refractivity contribution in [2.45, 2.75) is 0 Å². The number of carbonyl (C=O) groups excluding carboxylic acids is 1. The molecule has 0 radical (unpaired) electrons. The first-order valence-electron chi connectivity index (χ1n) is 3.72. The summed E-state index contributed by atoms with van der Waals surface area (Å²) >= 11 is 0. The average Bonchev–Trinajstić information content (AvgIpc) is 2.17. The van der Waals surface area contributed by atoms with Crippen molar-refractivity contribution in [3.8, 4) is 5.75 Å². The topological polar surface area (TPSA) is 61.4 Å². The number of aromatic carboxylic acids is 1. The summed E-state index contributed by atoms with van der Waals surface area (Å²) in [7, 11) is 0. The molecule has 4 nitrogen and oxygen atoms in total. The molecule has 0 aliphatic carbocycles. The number of rotatable bonds is 1. The van der Waals surface area contributed by atoms with Gasteiger partial charge in [-0.05, 0) is 29.8 Å². The van der Waals surface area contributed by atoms with Crippen LogP contribution in [-0.2, 0) is 0 Å². The Bertz CT molecular complexity index is 384. The average molecular weight is 176 g/mol. The van der Waals surface area contributed by atoms with Gasteiger partial charge >= 0.3 is 0 Å². The normalized spacial score (nSPS) is 12.6. The smallest absolute Gasteiger partial charge is 0.162 e. The maximum atomic E-state index is 10.5. The molecule has 13 heavy (non-hydrogen) atoms. The van der Waals surface area contributed by atoms with Crippen LogP contribution in [0.15, 0.2) is 24.4 Å². The number of carbonyl (C=O) groups is 1. The van der Waals surface area contributed by atoms with Gasteiger partial charge in [0.1, 0.15) is 0 Å². The quantitative estimate of drug-likeness (QED) is 0.650. The number of hydroxylamine groups is 1. The standard InChI is InChI=1S/C9H7NO3/c11-9(12)7-1-2-8-6(5-7)3-4-10-13-8/h1-5,10H,(H,11,12)/p-1. The molecule has 1 aromatic rings. The lowest BCUT2D eigenvalue weighted by molar-refractivity contribution is -0.255. The van der Waals surface area contributed by atoms with Crippen LogP contribution >= 0.6 is 0 Å². The first kappa shape index (κ1) is 7.67. The molecule has 0 spiro atoms. The van der Waals surface area contributed by atoms with Gasteiger partial charge in [-0.1, -0.05) is 0 Å². The Balaban J connectivity index is 2.48. The second-order valence-electron chi connectivity index (χ2n) is 2.59. The zero-order chi connectivity index (χ0) is 9.26. The zero-order valence-corrected chi connectivity index (χ0v) is 6.61. The maximum absolute atomic E-state index is 10.5. The molecule has 0 amide bonds. The molecule has 1 heterocycles. The van der Waals surface area contributed by atoms with Crippen LogP contribution < -0.4 is 15.4 Å². The number of hydrogen-bond acceptors (Lipinski definition) is 4. The molecule has 1 aromatic carbocycles. The fourth-order valence-electron chi connectivity index (χ4n) is 1.12. The van der Waals surface area contributed by atoms with Crippen LogP contribution in [0.1, 0.15) is 15.9 Å². The number of carboxylic acids is 1. The number of benzene rings is 1. The van der Waals surface area contributed by atoms with E-state index in [9.17, 15) is 9.90 Å². The number of nitrogens with one attached hydrogen (secondary N) is 1. The first-order chi connectivity index (χ1) is 6.27. The Morgan fingerprint density at radius 3 is 3.08 bits per heavy atom. The molecule has 0 unspecified atom stereocenters. The third-order valence-electron chi connectivity index (χ3n) is 1.75. The van der Waals surface area contributed by atoms with Crippen LogP contribution in [0, 0.1) is 0 Å². The van der Waals surface area contributed by atoms with Crippen LogP contribution in [0.25, 0.3) is 6.08 Å². The molecule has 0 saturated heterocycles. The van der Waals surface area contributed by atoms with Gasteiger partial charge in [-0.25, -0.2) is 5.48 Å². The van der Waals surface area contributed by atoms with Crippen LogP contribution in [0.4, 0.5) is 0 Å². The van der Waals surface area contributed by atoms with Crippen LogP contribution in [0.2, 0.25) is 0 Å². The van der Waals surface area contributed by atoms with E-state index in [1.807, 2.05) is 0 Å². The SMILES string of the molecule is O=C([O-])c1ccc2c(c1)C=CNO2. The van der Waals surface area contributed by atoms with Crippen molar-refractivity contribution >= 4 is 12.0 Å². The van der Waals surface area contributed by atoms with Crippen LogP contribution in [0.5, 0.6) is 5.75 Å². The van der Waals surface area contributed by atoms with Gasteiger partial charge < -0.3 is 14.7 Å². The van der Waals surface area contributed by atoms with E-state index >= 15 is 0 Å². The zero-order valence-electron chi connectivity index (χ0n) is 6.61.